The molecule has 0 aromatic heterocycles. The van der Waals surface area contributed by atoms with Crippen molar-refractivity contribution in [1.82, 2.24) is 14.5 Å². The van der Waals surface area contributed by atoms with Crippen molar-refractivity contribution < 1.29 is 22.4 Å². The van der Waals surface area contributed by atoms with E-state index in [0.717, 1.165) is 10.4 Å². The standard InChI is InChI=1S/C23H29Cl2FN4O4S/c1-15(2)27-23(32)16(3)29(13-17-10-11-18(24)12-19(17)25)22(31)14-30(35(33,34)28(4)5)21-9-7-6-8-20(21)26/h6-12,15-16H,13-14H2,1-5H3,(H,27,32). The second kappa shape index (κ2) is 12.0. The molecule has 2 rings (SSSR count). The lowest BCUT2D eigenvalue weighted by molar-refractivity contribution is -0.139. The second-order valence-corrected chi connectivity index (χ2v) is 11.3. The maximum absolute atomic E-state index is 14.6. The van der Waals surface area contributed by atoms with Crippen LogP contribution in [0.25, 0.3) is 0 Å². The number of nitrogens with one attached hydrogen (secondary N) is 1. The maximum Gasteiger partial charge on any atom is 0.304 e. The molecule has 0 fully saturated rings. The molecule has 12 heteroatoms. The van der Waals surface area contributed by atoms with Gasteiger partial charge in [-0.3, -0.25) is 9.59 Å². The third-order valence-corrected chi connectivity index (χ3v) is 7.49. The quantitative estimate of drug-likeness (QED) is 0.492. The van der Waals surface area contributed by atoms with Crippen molar-refractivity contribution in [2.24, 2.45) is 0 Å². The van der Waals surface area contributed by atoms with Gasteiger partial charge in [-0.05, 0) is 50.6 Å². The van der Waals surface area contributed by atoms with Crippen molar-refractivity contribution in [3.05, 3.63) is 63.9 Å². The van der Waals surface area contributed by atoms with E-state index in [-0.39, 0.29) is 23.3 Å². The molecule has 2 amide bonds. The Kier molecular flexibility index (Phi) is 9.91. The summed E-state index contributed by atoms with van der Waals surface area (Å²) in [6.45, 7) is 4.22. The van der Waals surface area contributed by atoms with Crippen LogP contribution in [0.5, 0.6) is 0 Å². The molecule has 0 saturated heterocycles. The van der Waals surface area contributed by atoms with Crippen LogP contribution in [-0.4, -0.2) is 62.2 Å². The third-order valence-electron chi connectivity index (χ3n) is 5.09. The van der Waals surface area contributed by atoms with Crippen molar-refractivity contribution >= 4 is 50.9 Å². The summed E-state index contributed by atoms with van der Waals surface area (Å²) in [6, 6.07) is 8.77. The molecule has 0 spiro atoms. The molecule has 192 valence electrons. The number of amides is 2. The fourth-order valence-electron chi connectivity index (χ4n) is 3.18. The van der Waals surface area contributed by atoms with Gasteiger partial charge >= 0.3 is 10.2 Å². The molecule has 0 bridgehead atoms. The lowest BCUT2D eigenvalue weighted by atomic mass is 10.1. The van der Waals surface area contributed by atoms with E-state index in [1.807, 2.05) is 0 Å². The molecule has 0 heterocycles. The Morgan fingerprint density at radius 2 is 1.69 bits per heavy atom. The molecule has 1 unspecified atom stereocenters. The summed E-state index contributed by atoms with van der Waals surface area (Å²) >= 11 is 12.3. The van der Waals surface area contributed by atoms with Crippen LogP contribution in [0.3, 0.4) is 0 Å². The first kappa shape index (κ1) is 28.8. The number of para-hydroxylation sites is 1. The van der Waals surface area contributed by atoms with Crippen LogP contribution in [0.2, 0.25) is 10.0 Å². The molecular weight excluding hydrogens is 518 g/mol. The van der Waals surface area contributed by atoms with E-state index < -0.39 is 40.4 Å². The smallest absolute Gasteiger partial charge is 0.304 e. The van der Waals surface area contributed by atoms with Crippen LogP contribution >= 0.6 is 23.2 Å². The number of nitrogens with zero attached hydrogens (tertiary/aromatic N) is 3. The van der Waals surface area contributed by atoms with Gasteiger partial charge in [-0.25, -0.2) is 8.70 Å². The molecular formula is C23H29Cl2FN4O4S. The van der Waals surface area contributed by atoms with Crippen molar-refractivity contribution in [2.45, 2.75) is 39.4 Å². The number of benzene rings is 2. The summed E-state index contributed by atoms with van der Waals surface area (Å²) in [5.41, 5.74) is 0.208. The van der Waals surface area contributed by atoms with Gasteiger partial charge in [0, 0.05) is 36.7 Å². The van der Waals surface area contributed by atoms with E-state index in [0.29, 0.717) is 14.9 Å². The van der Waals surface area contributed by atoms with Crippen LogP contribution in [0.1, 0.15) is 26.3 Å². The van der Waals surface area contributed by atoms with Crippen molar-refractivity contribution in [2.75, 3.05) is 24.9 Å². The molecule has 0 aliphatic rings. The van der Waals surface area contributed by atoms with Crippen LogP contribution in [0.15, 0.2) is 42.5 Å². The summed E-state index contributed by atoms with van der Waals surface area (Å²) in [4.78, 5) is 27.5. The molecule has 1 atom stereocenters. The number of carbonyl (C=O) groups is 2. The fraction of sp³-hybridized carbons (Fsp3) is 0.391. The largest absolute Gasteiger partial charge is 0.352 e. The summed E-state index contributed by atoms with van der Waals surface area (Å²) < 4.78 is 42.2. The van der Waals surface area contributed by atoms with Crippen molar-refractivity contribution in [3.8, 4) is 0 Å². The highest BCUT2D eigenvalue weighted by Gasteiger charge is 2.34. The minimum absolute atomic E-state index is 0.103. The van der Waals surface area contributed by atoms with Gasteiger partial charge < -0.3 is 10.2 Å². The third kappa shape index (κ3) is 7.30. The number of carbonyl (C=O) groups excluding carboxylic acids is 2. The average Bonchev–Trinajstić information content (AvgIpc) is 2.76. The van der Waals surface area contributed by atoms with Crippen molar-refractivity contribution in [3.63, 3.8) is 0 Å². The Hall–Kier alpha value is -2.40. The van der Waals surface area contributed by atoms with Crippen molar-refractivity contribution in [1.29, 1.82) is 0 Å². The van der Waals surface area contributed by atoms with Gasteiger partial charge in [0.05, 0.1) is 5.69 Å². The number of halogens is 3. The minimum atomic E-state index is -4.26. The number of hydrogen-bond acceptors (Lipinski definition) is 4. The Bertz CT molecular complexity index is 1180. The first-order chi connectivity index (χ1) is 16.2. The Labute approximate surface area is 215 Å². The van der Waals surface area contributed by atoms with Gasteiger partial charge in [0.1, 0.15) is 18.4 Å². The zero-order valence-corrected chi connectivity index (χ0v) is 22.5. The molecule has 1 N–H and O–H groups in total. The highest BCUT2D eigenvalue weighted by atomic mass is 35.5. The number of anilines is 1. The molecule has 0 aliphatic carbocycles. The first-order valence-electron chi connectivity index (χ1n) is 10.7. The predicted octanol–water partition coefficient (Wildman–Crippen LogP) is 3.69. The van der Waals surface area contributed by atoms with E-state index >= 15 is 0 Å². The lowest BCUT2D eigenvalue weighted by Gasteiger charge is -2.33. The zero-order valence-electron chi connectivity index (χ0n) is 20.1. The molecule has 8 nitrogen and oxygen atoms in total. The second-order valence-electron chi connectivity index (χ2n) is 8.34. The van der Waals surface area contributed by atoms with E-state index in [9.17, 15) is 22.4 Å². The topological polar surface area (TPSA) is 90.0 Å². The SMILES string of the molecule is CC(C)NC(=O)C(C)N(Cc1ccc(Cl)cc1Cl)C(=O)CN(c1ccccc1F)S(=O)(=O)N(C)C. The van der Waals surface area contributed by atoms with E-state index in [2.05, 4.69) is 5.32 Å². The summed E-state index contributed by atoms with van der Waals surface area (Å²) in [7, 11) is -1.71. The van der Waals surface area contributed by atoms with Crippen LogP contribution in [0, 0.1) is 5.82 Å². The van der Waals surface area contributed by atoms with Gasteiger partial charge in [-0.15, -0.1) is 0 Å². The fourth-order valence-corrected chi connectivity index (χ4v) is 4.71. The highest BCUT2D eigenvalue weighted by Crippen LogP contribution is 2.26. The van der Waals surface area contributed by atoms with E-state index in [1.165, 1.54) is 50.2 Å². The molecule has 0 radical (unpaired) electrons. The highest BCUT2D eigenvalue weighted by molar-refractivity contribution is 7.90. The molecule has 2 aromatic carbocycles. The van der Waals surface area contributed by atoms with Gasteiger partial charge in [-0.2, -0.15) is 12.7 Å². The number of rotatable bonds is 10. The van der Waals surface area contributed by atoms with Crippen LogP contribution in [0.4, 0.5) is 10.1 Å². The lowest BCUT2D eigenvalue weighted by Crippen LogP contribution is -2.53. The summed E-state index contributed by atoms with van der Waals surface area (Å²) in [5, 5.41) is 3.41. The minimum Gasteiger partial charge on any atom is -0.352 e. The van der Waals surface area contributed by atoms with E-state index in [4.69, 9.17) is 23.2 Å². The van der Waals surface area contributed by atoms with Crippen LogP contribution < -0.4 is 9.62 Å². The average molecular weight is 547 g/mol. The van der Waals surface area contributed by atoms with Gasteiger partial charge in [-0.1, -0.05) is 41.4 Å². The maximum atomic E-state index is 14.6. The zero-order chi connectivity index (χ0) is 26.5. The molecule has 2 aromatic rings. The predicted molar refractivity (Wildman–Crippen MR) is 136 cm³/mol. The Balaban J connectivity index is 2.51. The molecule has 35 heavy (non-hydrogen) atoms. The Morgan fingerprint density at radius 3 is 2.23 bits per heavy atom. The molecule has 0 aliphatic heterocycles. The van der Waals surface area contributed by atoms with Gasteiger partial charge in [0.2, 0.25) is 11.8 Å². The first-order valence-corrected chi connectivity index (χ1v) is 12.9. The number of hydrogen-bond donors (Lipinski definition) is 1. The van der Waals surface area contributed by atoms with Gasteiger partial charge in [0.15, 0.2) is 0 Å². The monoisotopic (exact) mass is 546 g/mol. The Morgan fingerprint density at radius 1 is 1.06 bits per heavy atom. The molecule has 0 saturated carbocycles. The normalized spacial score (nSPS) is 12.5. The van der Waals surface area contributed by atoms with Gasteiger partial charge in [0.25, 0.3) is 0 Å². The van der Waals surface area contributed by atoms with Crippen LogP contribution in [-0.2, 0) is 26.3 Å². The summed E-state index contributed by atoms with van der Waals surface area (Å²) in [6.07, 6.45) is 0. The van der Waals surface area contributed by atoms with E-state index in [1.54, 1.807) is 26.0 Å². The summed E-state index contributed by atoms with van der Waals surface area (Å²) in [5.74, 6) is -1.98.